The van der Waals surface area contributed by atoms with Gasteiger partial charge in [-0.15, -0.1) is 0 Å². The molecule has 0 saturated carbocycles. The topological polar surface area (TPSA) is 64.1 Å². The molecule has 0 aliphatic heterocycles. The first-order valence-electron chi connectivity index (χ1n) is 8.19. The molecule has 0 radical (unpaired) electrons. The van der Waals surface area contributed by atoms with E-state index in [0.717, 1.165) is 11.8 Å². The molecule has 142 valence electrons. The zero-order chi connectivity index (χ0) is 19.2. The predicted octanol–water partition coefficient (Wildman–Crippen LogP) is 3.67. The average Bonchev–Trinajstić information content (AvgIpc) is 2.60. The molecule has 1 atom stereocenters. The molecule has 0 spiro atoms. The molecule has 1 aromatic carbocycles. The lowest BCUT2D eigenvalue weighted by molar-refractivity contribution is -0.145. The third-order valence-corrected chi connectivity index (χ3v) is 4.55. The fraction of sp³-hybridized carbons (Fsp3) is 0.471. The van der Waals surface area contributed by atoms with Gasteiger partial charge in [0, 0.05) is 25.1 Å². The summed E-state index contributed by atoms with van der Waals surface area (Å²) in [7, 11) is 0. The predicted molar refractivity (Wildman–Crippen MR) is 94.0 cm³/mol. The molecule has 0 aliphatic rings. The van der Waals surface area contributed by atoms with Gasteiger partial charge in [-0.3, -0.25) is 4.79 Å². The number of aromatic nitrogens is 2. The van der Waals surface area contributed by atoms with E-state index in [1.54, 1.807) is 25.1 Å². The molecule has 0 saturated heterocycles. The number of carbonyl (C=O) groups is 1. The average molecular weight is 387 g/mol. The van der Waals surface area contributed by atoms with E-state index < -0.39 is 17.3 Å². The standard InChI is InChI=1S/C17H20F3N3O2S/c1-3-25-10-6-9-21-14(24)11(2)26-15-12-7-4-5-8-13(12)22-16(23-15)17(18,19)20/h4-5,7-8,11H,3,6,9-10H2,1-2H3,(H,21,24). The molecule has 1 heterocycles. The Kier molecular flexibility index (Phi) is 7.22. The van der Waals surface area contributed by atoms with Gasteiger partial charge in [0.25, 0.3) is 0 Å². The van der Waals surface area contributed by atoms with Crippen LogP contribution in [0.15, 0.2) is 29.3 Å². The van der Waals surface area contributed by atoms with E-state index in [4.69, 9.17) is 4.74 Å². The fourth-order valence-corrected chi connectivity index (χ4v) is 3.12. The van der Waals surface area contributed by atoms with E-state index in [2.05, 4.69) is 15.3 Å². The second-order valence-electron chi connectivity index (χ2n) is 5.47. The van der Waals surface area contributed by atoms with Crippen LogP contribution >= 0.6 is 11.8 Å². The maximum Gasteiger partial charge on any atom is 0.451 e. The van der Waals surface area contributed by atoms with Crippen molar-refractivity contribution in [3.05, 3.63) is 30.1 Å². The molecule has 1 N–H and O–H groups in total. The minimum absolute atomic E-state index is 0.139. The second kappa shape index (κ2) is 9.18. The van der Waals surface area contributed by atoms with Crippen molar-refractivity contribution in [1.82, 2.24) is 15.3 Å². The molecule has 0 fully saturated rings. The summed E-state index contributed by atoms with van der Waals surface area (Å²) in [4.78, 5) is 19.4. The summed E-state index contributed by atoms with van der Waals surface area (Å²) in [6.45, 7) is 5.12. The maximum atomic E-state index is 13.0. The molecule has 1 amide bonds. The number of alkyl halides is 3. The summed E-state index contributed by atoms with van der Waals surface area (Å²) in [6.07, 6.45) is -3.98. The summed E-state index contributed by atoms with van der Waals surface area (Å²) in [6, 6.07) is 6.44. The first-order chi connectivity index (χ1) is 12.3. The van der Waals surface area contributed by atoms with E-state index in [1.807, 2.05) is 6.92 Å². The number of ether oxygens (including phenoxy) is 1. The molecular formula is C17H20F3N3O2S. The van der Waals surface area contributed by atoms with Crippen molar-refractivity contribution in [2.24, 2.45) is 0 Å². The van der Waals surface area contributed by atoms with Crippen LogP contribution in [0.5, 0.6) is 0 Å². The monoisotopic (exact) mass is 387 g/mol. The van der Waals surface area contributed by atoms with Gasteiger partial charge in [-0.25, -0.2) is 9.97 Å². The lowest BCUT2D eigenvalue weighted by Gasteiger charge is -2.14. The molecule has 5 nitrogen and oxygen atoms in total. The number of thioether (sulfide) groups is 1. The summed E-state index contributed by atoms with van der Waals surface area (Å²) in [5.41, 5.74) is 0.196. The van der Waals surface area contributed by atoms with Crippen molar-refractivity contribution < 1.29 is 22.7 Å². The van der Waals surface area contributed by atoms with Gasteiger partial charge in [-0.05, 0) is 26.3 Å². The summed E-state index contributed by atoms with van der Waals surface area (Å²) >= 11 is 0.985. The van der Waals surface area contributed by atoms with Gasteiger partial charge in [-0.2, -0.15) is 13.2 Å². The van der Waals surface area contributed by atoms with Gasteiger partial charge in [-0.1, -0.05) is 30.0 Å². The van der Waals surface area contributed by atoms with Crippen LogP contribution in [0, 0.1) is 0 Å². The lowest BCUT2D eigenvalue weighted by Crippen LogP contribution is -2.32. The SMILES string of the molecule is CCOCCCNC(=O)C(C)Sc1nc(C(F)(F)F)nc2ccccc12. The highest BCUT2D eigenvalue weighted by atomic mass is 32.2. The summed E-state index contributed by atoms with van der Waals surface area (Å²) in [5.74, 6) is -1.47. The van der Waals surface area contributed by atoms with Gasteiger partial charge < -0.3 is 10.1 Å². The number of carbonyl (C=O) groups excluding carboxylic acids is 1. The number of hydrogen-bond acceptors (Lipinski definition) is 5. The molecule has 0 aliphatic carbocycles. The Bertz CT molecular complexity index is 756. The van der Waals surface area contributed by atoms with Gasteiger partial charge in [0.05, 0.1) is 10.8 Å². The van der Waals surface area contributed by atoms with E-state index in [9.17, 15) is 18.0 Å². The zero-order valence-corrected chi connectivity index (χ0v) is 15.3. The van der Waals surface area contributed by atoms with Crippen molar-refractivity contribution in [2.45, 2.75) is 36.7 Å². The highest BCUT2D eigenvalue weighted by Gasteiger charge is 2.35. The molecule has 2 rings (SSSR count). The van der Waals surface area contributed by atoms with E-state index in [0.29, 0.717) is 31.6 Å². The number of nitrogens with zero attached hydrogens (tertiary/aromatic N) is 2. The second-order valence-corrected chi connectivity index (χ2v) is 6.80. The van der Waals surface area contributed by atoms with Crippen molar-refractivity contribution in [1.29, 1.82) is 0 Å². The van der Waals surface area contributed by atoms with Crippen LogP contribution in [0.4, 0.5) is 13.2 Å². The van der Waals surface area contributed by atoms with Crippen molar-refractivity contribution >= 4 is 28.6 Å². The Balaban J connectivity index is 2.12. The Morgan fingerprint density at radius 3 is 2.73 bits per heavy atom. The number of nitrogens with one attached hydrogen (secondary N) is 1. The minimum atomic E-state index is -4.65. The van der Waals surface area contributed by atoms with Crippen LogP contribution in [0.3, 0.4) is 0 Å². The number of hydrogen-bond donors (Lipinski definition) is 1. The van der Waals surface area contributed by atoms with Crippen molar-refractivity contribution in [2.75, 3.05) is 19.8 Å². The van der Waals surface area contributed by atoms with E-state index in [-0.39, 0.29) is 16.4 Å². The van der Waals surface area contributed by atoms with E-state index in [1.165, 1.54) is 6.07 Å². The number of amides is 1. The van der Waals surface area contributed by atoms with Gasteiger partial charge in [0.15, 0.2) is 0 Å². The minimum Gasteiger partial charge on any atom is -0.382 e. The number of rotatable bonds is 8. The van der Waals surface area contributed by atoms with Crippen LogP contribution < -0.4 is 5.32 Å². The van der Waals surface area contributed by atoms with Gasteiger partial charge in [0.2, 0.25) is 11.7 Å². The van der Waals surface area contributed by atoms with Crippen LogP contribution in [-0.2, 0) is 15.7 Å². The fourth-order valence-electron chi connectivity index (χ4n) is 2.16. The molecule has 0 bridgehead atoms. The Morgan fingerprint density at radius 1 is 1.31 bits per heavy atom. The Hall–Kier alpha value is -1.87. The first kappa shape index (κ1) is 20.4. The van der Waals surface area contributed by atoms with Crippen LogP contribution in [0.1, 0.15) is 26.1 Å². The Labute approximate surface area is 153 Å². The number of halogens is 3. The quantitative estimate of drug-likeness (QED) is 0.425. The highest BCUT2D eigenvalue weighted by molar-refractivity contribution is 8.00. The van der Waals surface area contributed by atoms with Crippen molar-refractivity contribution in [3.8, 4) is 0 Å². The lowest BCUT2D eigenvalue weighted by atomic mass is 10.2. The number of para-hydroxylation sites is 1. The van der Waals surface area contributed by atoms with Crippen LogP contribution in [-0.4, -0.2) is 40.9 Å². The third-order valence-electron chi connectivity index (χ3n) is 3.45. The zero-order valence-electron chi connectivity index (χ0n) is 14.5. The highest BCUT2D eigenvalue weighted by Crippen LogP contribution is 2.33. The first-order valence-corrected chi connectivity index (χ1v) is 9.07. The molecule has 1 aromatic heterocycles. The largest absolute Gasteiger partial charge is 0.451 e. The van der Waals surface area contributed by atoms with Gasteiger partial charge in [0.1, 0.15) is 5.03 Å². The third kappa shape index (κ3) is 5.57. The van der Waals surface area contributed by atoms with Crippen molar-refractivity contribution in [3.63, 3.8) is 0 Å². The number of benzene rings is 1. The van der Waals surface area contributed by atoms with Crippen LogP contribution in [0.2, 0.25) is 0 Å². The molecular weight excluding hydrogens is 367 g/mol. The molecule has 2 aromatic rings. The smallest absolute Gasteiger partial charge is 0.382 e. The summed E-state index contributed by atoms with van der Waals surface area (Å²) in [5, 5.41) is 2.78. The molecule has 9 heteroatoms. The van der Waals surface area contributed by atoms with E-state index >= 15 is 0 Å². The Morgan fingerprint density at radius 2 is 2.04 bits per heavy atom. The summed E-state index contributed by atoms with van der Waals surface area (Å²) < 4.78 is 44.3. The molecule has 26 heavy (non-hydrogen) atoms. The maximum absolute atomic E-state index is 13.0. The van der Waals surface area contributed by atoms with Crippen LogP contribution in [0.25, 0.3) is 10.9 Å². The normalized spacial score (nSPS) is 13.0. The number of fused-ring (bicyclic) bond motifs is 1. The molecule has 1 unspecified atom stereocenters. The van der Waals surface area contributed by atoms with Gasteiger partial charge >= 0.3 is 6.18 Å².